The van der Waals surface area contributed by atoms with Crippen molar-refractivity contribution >= 4 is 5.97 Å². The number of ether oxygens (including phenoxy) is 2. The third-order valence-electron chi connectivity index (χ3n) is 5.62. The van der Waals surface area contributed by atoms with Crippen LogP contribution in [0.5, 0.6) is 23.0 Å². The lowest BCUT2D eigenvalue weighted by Crippen LogP contribution is -2.29. The molecule has 3 N–H and O–H groups in total. The molecule has 0 aliphatic carbocycles. The number of carbonyl (C=O) groups excluding carboxylic acids is 1. The van der Waals surface area contributed by atoms with E-state index in [1.54, 1.807) is 13.0 Å². The molecule has 1 unspecified atom stereocenters. The Balaban J connectivity index is 2.05. The van der Waals surface area contributed by atoms with Crippen LogP contribution in [-0.2, 0) is 22.5 Å². The Morgan fingerprint density at radius 2 is 1.77 bits per heavy atom. The summed E-state index contributed by atoms with van der Waals surface area (Å²) in [5.41, 5.74) is 0.748. The molecular weight excluding hydrogens is 464 g/mol. The van der Waals surface area contributed by atoms with E-state index in [0.29, 0.717) is 23.2 Å². The molecule has 0 radical (unpaired) electrons. The number of halogens is 2. The van der Waals surface area contributed by atoms with E-state index >= 15 is 0 Å². The van der Waals surface area contributed by atoms with Crippen LogP contribution >= 0.6 is 0 Å². The summed E-state index contributed by atoms with van der Waals surface area (Å²) in [5.74, 6) is -2.73. The Bertz CT molecular complexity index is 1270. The van der Waals surface area contributed by atoms with Crippen molar-refractivity contribution < 1.29 is 38.4 Å². The minimum Gasteiger partial charge on any atom is -0.507 e. The number of phenolic OH excluding ortho intramolecular Hbond substituents is 2. The number of rotatable bonds is 9. The van der Waals surface area contributed by atoms with Crippen LogP contribution in [0.2, 0.25) is 0 Å². The van der Waals surface area contributed by atoms with Gasteiger partial charge in [0.2, 0.25) is 0 Å². The molecule has 0 aliphatic rings. The molecule has 8 nitrogen and oxygen atoms in total. The standard InChI is InChI=1S/C25H25F2NO7/c1-14-10-21(31)23(24(33)28(14)9-8-15-6-7-19(29)20(30)11-15)18(13-22(32)34-2)16-4-3-5-17(12-16)35-25(26)27/h3-7,10-12,18,25,29-31H,8-9,13H2,1-2H3. The predicted molar refractivity (Wildman–Crippen MR) is 122 cm³/mol. The average Bonchev–Trinajstić information content (AvgIpc) is 2.79. The molecule has 3 aromatic rings. The topological polar surface area (TPSA) is 118 Å². The number of benzene rings is 2. The van der Waals surface area contributed by atoms with Crippen molar-refractivity contribution in [1.82, 2.24) is 4.57 Å². The van der Waals surface area contributed by atoms with Crippen molar-refractivity contribution in [3.63, 3.8) is 0 Å². The summed E-state index contributed by atoms with van der Waals surface area (Å²) in [7, 11) is 1.18. The second kappa shape index (κ2) is 10.9. The number of methoxy groups -OCH3 is 1. The normalized spacial score (nSPS) is 11.9. The van der Waals surface area contributed by atoms with Gasteiger partial charge in [-0.25, -0.2) is 0 Å². The van der Waals surface area contributed by atoms with Crippen LogP contribution < -0.4 is 10.3 Å². The molecule has 1 aromatic heterocycles. The fraction of sp³-hybridized carbons (Fsp3) is 0.280. The van der Waals surface area contributed by atoms with Gasteiger partial charge in [-0.2, -0.15) is 8.78 Å². The van der Waals surface area contributed by atoms with Crippen molar-refractivity contribution in [3.05, 3.63) is 81.3 Å². The molecule has 3 rings (SSSR count). The number of carbonyl (C=O) groups is 1. The zero-order valence-corrected chi connectivity index (χ0v) is 19.1. The van der Waals surface area contributed by atoms with Crippen LogP contribution in [0.15, 0.2) is 53.3 Å². The molecule has 0 saturated carbocycles. The largest absolute Gasteiger partial charge is 0.507 e. The van der Waals surface area contributed by atoms with Gasteiger partial charge in [0.1, 0.15) is 11.5 Å². The van der Waals surface area contributed by atoms with Crippen molar-refractivity contribution in [2.45, 2.75) is 38.8 Å². The fourth-order valence-corrected chi connectivity index (χ4v) is 3.88. The molecule has 35 heavy (non-hydrogen) atoms. The van der Waals surface area contributed by atoms with Crippen LogP contribution in [0.1, 0.15) is 34.7 Å². The Hall–Kier alpha value is -4.08. The maximum Gasteiger partial charge on any atom is 0.387 e. The van der Waals surface area contributed by atoms with E-state index in [2.05, 4.69) is 4.74 Å². The first-order chi connectivity index (χ1) is 16.6. The number of hydrogen-bond acceptors (Lipinski definition) is 7. The summed E-state index contributed by atoms with van der Waals surface area (Å²) in [4.78, 5) is 25.7. The maximum absolute atomic E-state index is 13.5. The highest BCUT2D eigenvalue weighted by atomic mass is 19.3. The first-order valence-corrected chi connectivity index (χ1v) is 10.7. The van der Waals surface area contributed by atoms with Crippen molar-refractivity contribution in [1.29, 1.82) is 0 Å². The van der Waals surface area contributed by atoms with Crippen LogP contribution in [0.3, 0.4) is 0 Å². The third kappa shape index (κ3) is 6.08. The van der Waals surface area contributed by atoms with E-state index < -0.39 is 24.1 Å². The van der Waals surface area contributed by atoms with Gasteiger partial charge in [-0.05, 0) is 54.8 Å². The van der Waals surface area contributed by atoms with Gasteiger partial charge in [0, 0.05) is 18.2 Å². The quantitative estimate of drug-likeness (QED) is 0.309. The number of pyridine rings is 1. The molecule has 0 fully saturated rings. The third-order valence-corrected chi connectivity index (χ3v) is 5.62. The molecule has 0 saturated heterocycles. The maximum atomic E-state index is 13.5. The van der Waals surface area contributed by atoms with E-state index in [4.69, 9.17) is 4.74 Å². The molecule has 0 bridgehead atoms. The van der Waals surface area contributed by atoms with Gasteiger partial charge >= 0.3 is 12.6 Å². The molecular formula is C25H25F2NO7. The van der Waals surface area contributed by atoms with Gasteiger partial charge in [0.15, 0.2) is 11.5 Å². The lowest BCUT2D eigenvalue weighted by Gasteiger charge is -2.21. The number of nitrogens with zero attached hydrogens (tertiary/aromatic N) is 1. The second-order valence-corrected chi connectivity index (χ2v) is 7.90. The van der Waals surface area contributed by atoms with Crippen LogP contribution in [0.25, 0.3) is 0 Å². The number of hydrogen-bond donors (Lipinski definition) is 3. The van der Waals surface area contributed by atoms with Gasteiger partial charge in [-0.1, -0.05) is 18.2 Å². The monoisotopic (exact) mass is 489 g/mol. The first kappa shape index (κ1) is 25.5. The van der Waals surface area contributed by atoms with Gasteiger partial charge in [-0.15, -0.1) is 0 Å². The Labute approximate surface area is 199 Å². The molecule has 186 valence electrons. The van der Waals surface area contributed by atoms with Crippen LogP contribution in [-0.4, -0.2) is 39.6 Å². The van der Waals surface area contributed by atoms with Gasteiger partial charge in [0.05, 0.1) is 19.1 Å². The summed E-state index contributed by atoms with van der Waals surface area (Å²) in [6, 6.07) is 11.3. The highest BCUT2D eigenvalue weighted by Gasteiger charge is 2.27. The number of aromatic nitrogens is 1. The molecule has 1 atom stereocenters. The lowest BCUT2D eigenvalue weighted by atomic mass is 9.88. The zero-order valence-electron chi connectivity index (χ0n) is 19.1. The van der Waals surface area contributed by atoms with Crippen molar-refractivity contribution in [3.8, 4) is 23.0 Å². The smallest absolute Gasteiger partial charge is 0.387 e. The van der Waals surface area contributed by atoms with Gasteiger partial charge < -0.3 is 29.4 Å². The average molecular weight is 489 g/mol. The van der Waals surface area contributed by atoms with Crippen LogP contribution in [0, 0.1) is 6.92 Å². The molecule has 1 heterocycles. The van der Waals surface area contributed by atoms with Crippen molar-refractivity contribution in [2.24, 2.45) is 0 Å². The highest BCUT2D eigenvalue weighted by molar-refractivity contribution is 5.71. The number of esters is 1. The second-order valence-electron chi connectivity index (χ2n) is 7.90. The van der Waals surface area contributed by atoms with E-state index in [1.807, 2.05) is 0 Å². The molecule has 0 aliphatic heterocycles. The Morgan fingerprint density at radius 3 is 2.43 bits per heavy atom. The molecule has 0 spiro atoms. The zero-order chi connectivity index (χ0) is 25.7. The van der Waals surface area contributed by atoms with Gasteiger partial charge in [-0.3, -0.25) is 9.59 Å². The first-order valence-electron chi connectivity index (χ1n) is 10.7. The van der Waals surface area contributed by atoms with E-state index in [9.17, 15) is 33.7 Å². The predicted octanol–water partition coefficient (Wildman–Crippen LogP) is 3.81. The molecule has 10 heteroatoms. The Morgan fingerprint density at radius 1 is 1.03 bits per heavy atom. The molecule has 0 amide bonds. The Kier molecular flexibility index (Phi) is 7.95. The minimum atomic E-state index is -3.06. The summed E-state index contributed by atoms with van der Waals surface area (Å²) < 4.78 is 36.0. The summed E-state index contributed by atoms with van der Waals surface area (Å²) in [6.45, 7) is -1.26. The number of alkyl halides is 2. The summed E-state index contributed by atoms with van der Waals surface area (Å²) >= 11 is 0. The highest BCUT2D eigenvalue weighted by Crippen LogP contribution is 2.34. The van der Waals surface area contributed by atoms with E-state index in [1.165, 1.54) is 54.1 Å². The van der Waals surface area contributed by atoms with Gasteiger partial charge in [0.25, 0.3) is 5.56 Å². The van der Waals surface area contributed by atoms with E-state index in [-0.39, 0.29) is 41.5 Å². The molecule has 2 aromatic carbocycles. The number of phenols is 2. The minimum absolute atomic E-state index is 0.0937. The number of aryl methyl sites for hydroxylation is 2. The lowest BCUT2D eigenvalue weighted by molar-refractivity contribution is -0.140. The van der Waals surface area contributed by atoms with E-state index in [0.717, 1.165) is 0 Å². The van der Waals surface area contributed by atoms with Crippen molar-refractivity contribution in [2.75, 3.05) is 7.11 Å². The number of aromatic hydroxyl groups is 3. The SMILES string of the molecule is COC(=O)CC(c1cccc(OC(F)F)c1)c1c(O)cc(C)n(CCc2ccc(O)c(O)c2)c1=O. The van der Waals surface area contributed by atoms with Crippen LogP contribution in [0.4, 0.5) is 8.78 Å². The fourth-order valence-electron chi connectivity index (χ4n) is 3.88. The summed E-state index contributed by atoms with van der Waals surface area (Å²) in [5, 5.41) is 29.9. The summed E-state index contributed by atoms with van der Waals surface area (Å²) in [6.07, 6.45) is -0.00941.